The molecule has 0 aliphatic heterocycles. The van der Waals surface area contributed by atoms with E-state index in [0.717, 1.165) is 12.1 Å². The zero-order chi connectivity index (χ0) is 21.7. The summed E-state index contributed by atoms with van der Waals surface area (Å²) < 4.78 is 14.4. The van der Waals surface area contributed by atoms with Crippen LogP contribution in [0, 0.1) is 5.82 Å². The van der Waals surface area contributed by atoms with E-state index in [-0.39, 0.29) is 18.5 Å². The Hall–Kier alpha value is -3.65. The highest BCUT2D eigenvalue weighted by Crippen LogP contribution is 2.24. The fourth-order valence-corrected chi connectivity index (χ4v) is 2.89. The Morgan fingerprint density at radius 1 is 0.933 bits per heavy atom. The Morgan fingerprint density at radius 3 is 2.23 bits per heavy atom. The quantitative estimate of drug-likeness (QED) is 0.520. The number of hydrogen-bond donors (Lipinski definition) is 3. The summed E-state index contributed by atoms with van der Waals surface area (Å²) in [6, 6.07) is 15.2. The first kappa shape index (κ1) is 21.1. The van der Waals surface area contributed by atoms with E-state index in [1.165, 1.54) is 16.8 Å². The number of amides is 2. The van der Waals surface area contributed by atoms with Crippen LogP contribution in [0.2, 0.25) is 5.02 Å². The van der Waals surface area contributed by atoms with E-state index in [2.05, 4.69) is 10.7 Å². The van der Waals surface area contributed by atoms with Gasteiger partial charge in [0, 0.05) is 28.4 Å². The molecule has 1 heterocycles. The van der Waals surface area contributed by atoms with Crippen LogP contribution in [0.15, 0.2) is 60.7 Å². The number of carbonyl (C=O) groups excluding carboxylic acids is 2. The molecule has 0 aliphatic rings. The Bertz CT molecular complexity index is 1080. The Balaban J connectivity index is 1.84. The molecule has 2 aromatic carbocycles. The second-order valence-corrected chi connectivity index (χ2v) is 6.78. The number of carboxylic acids is 1. The molecule has 0 spiro atoms. The second kappa shape index (κ2) is 9.23. The fourth-order valence-electron chi connectivity index (χ4n) is 2.76. The van der Waals surface area contributed by atoms with Crippen molar-refractivity contribution in [2.24, 2.45) is 0 Å². The number of hydrogen-bond acceptors (Lipinski definition) is 3. The van der Waals surface area contributed by atoms with Gasteiger partial charge in [-0.3, -0.25) is 24.5 Å². The van der Waals surface area contributed by atoms with Gasteiger partial charge in [-0.1, -0.05) is 23.7 Å². The number of halogens is 2. The lowest BCUT2D eigenvalue weighted by Crippen LogP contribution is -2.35. The molecule has 0 saturated heterocycles. The highest BCUT2D eigenvalue weighted by Gasteiger charge is 2.19. The van der Waals surface area contributed by atoms with Crippen molar-refractivity contribution >= 4 is 35.1 Å². The van der Waals surface area contributed by atoms with Crippen molar-refractivity contribution in [3.05, 3.63) is 77.2 Å². The van der Waals surface area contributed by atoms with Gasteiger partial charge in [0.1, 0.15) is 5.82 Å². The van der Waals surface area contributed by atoms with E-state index in [1.807, 2.05) is 0 Å². The molecule has 0 atom stereocenters. The summed E-state index contributed by atoms with van der Waals surface area (Å²) >= 11 is 5.92. The van der Waals surface area contributed by atoms with Crippen LogP contribution >= 0.6 is 11.6 Å². The molecule has 0 unspecified atom stereocenters. The number of nitrogens with zero attached hydrogens (tertiary/aromatic N) is 1. The van der Waals surface area contributed by atoms with Gasteiger partial charge in [0.2, 0.25) is 0 Å². The molecule has 1 aromatic heterocycles. The normalized spacial score (nSPS) is 10.5. The highest BCUT2D eigenvalue weighted by atomic mass is 35.5. The number of carbonyl (C=O) groups is 3. The van der Waals surface area contributed by atoms with Crippen LogP contribution in [-0.2, 0) is 20.8 Å². The van der Waals surface area contributed by atoms with E-state index >= 15 is 0 Å². The van der Waals surface area contributed by atoms with E-state index < -0.39 is 23.6 Å². The minimum atomic E-state index is -0.990. The van der Waals surface area contributed by atoms with E-state index in [0.29, 0.717) is 22.0 Å². The predicted octanol–water partition coefficient (Wildman–Crippen LogP) is 3.67. The van der Waals surface area contributed by atoms with Crippen LogP contribution in [-0.4, -0.2) is 27.6 Å². The van der Waals surface area contributed by atoms with Gasteiger partial charge in [-0.2, -0.15) is 0 Å². The van der Waals surface area contributed by atoms with Gasteiger partial charge in [-0.25, -0.2) is 4.39 Å². The van der Waals surface area contributed by atoms with Crippen LogP contribution in [0.5, 0.6) is 0 Å². The molecule has 0 saturated carbocycles. The fraction of sp³-hybridized carbons (Fsp3) is 0.0952. The van der Waals surface area contributed by atoms with Gasteiger partial charge in [0.05, 0.1) is 12.1 Å². The summed E-state index contributed by atoms with van der Waals surface area (Å²) in [4.78, 5) is 35.7. The van der Waals surface area contributed by atoms with Crippen LogP contribution in [0.25, 0.3) is 11.3 Å². The average molecular weight is 430 g/mol. The number of anilines is 1. The largest absolute Gasteiger partial charge is 0.481 e. The topological polar surface area (TPSA) is 100 Å². The molecule has 2 amide bonds. The first-order valence-electron chi connectivity index (χ1n) is 8.90. The van der Waals surface area contributed by atoms with Gasteiger partial charge in [-0.15, -0.1) is 0 Å². The molecule has 0 bridgehead atoms. The van der Waals surface area contributed by atoms with Gasteiger partial charge in [-0.05, 0) is 48.5 Å². The van der Waals surface area contributed by atoms with Crippen molar-refractivity contribution in [3.8, 4) is 11.3 Å². The summed E-state index contributed by atoms with van der Waals surface area (Å²) in [7, 11) is 0. The average Bonchev–Trinajstić information content (AvgIpc) is 3.11. The van der Waals surface area contributed by atoms with E-state index in [1.54, 1.807) is 36.4 Å². The van der Waals surface area contributed by atoms with Crippen LogP contribution in [0.1, 0.15) is 12.1 Å². The summed E-state index contributed by atoms with van der Waals surface area (Å²) in [5.74, 6) is -3.39. The lowest BCUT2D eigenvalue weighted by Gasteiger charge is -2.15. The number of aromatic nitrogens is 1. The molecule has 0 radical (unpaired) electrons. The summed E-state index contributed by atoms with van der Waals surface area (Å²) in [6.07, 6.45) is -0.00942. The molecule has 154 valence electrons. The van der Waals surface area contributed by atoms with Gasteiger partial charge >= 0.3 is 17.8 Å². The summed E-state index contributed by atoms with van der Waals surface area (Å²) in [5.41, 5.74) is 4.51. The summed E-state index contributed by atoms with van der Waals surface area (Å²) in [5, 5.41) is 11.9. The third-order valence-electron chi connectivity index (χ3n) is 4.22. The molecular formula is C21H17ClFN3O4. The lowest BCUT2D eigenvalue weighted by molar-refractivity contribution is -0.137. The molecule has 0 aliphatic carbocycles. The number of benzene rings is 2. The van der Waals surface area contributed by atoms with Crippen molar-refractivity contribution in [2.45, 2.75) is 12.8 Å². The van der Waals surface area contributed by atoms with E-state index in [4.69, 9.17) is 16.7 Å². The van der Waals surface area contributed by atoms with Crippen molar-refractivity contribution in [1.29, 1.82) is 0 Å². The maximum atomic E-state index is 13.0. The smallest absolute Gasteiger partial charge is 0.328 e. The van der Waals surface area contributed by atoms with Gasteiger partial charge < -0.3 is 10.4 Å². The molecule has 7 nitrogen and oxygen atoms in total. The van der Waals surface area contributed by atoms with Crippen LogP contribution < -0.4 is 10.7 Å². The molecule has 30 heavy (non-hydrogen) atoms. The van der Waals surface area contributed by atoms with Crippen LogP contribution in [0.4, 0.5) is 10.1 Å². The number of aliphatic carboxylic acids is 1. The Kier molecular flexibility index (Phi) is 6.48. The third-order valence-corrected chi connectivity index (χ3v) is 4.47. The van der Waals surface area contributed by atoms with Gasteiger partial charge in [0.15, 0.2) is 0 Å². The molecule has 3 rings (SSSR count). The van der Waals surface area contributed by atoms with Gasteiger partial charge in [0.25, 0.3) is 0 Å². The van der Waals surface area contributed by atoms with Crippen molar-refractivity contribution in [3.63, 3.8) is 0 Å². The molecule has 9 heteroatoms. The maximum absolute atomic E-state index is 13.0. The van der Waals surface area contributed by atoms with Crippen molar-refractivity contribution in [2.75, 3.05) is 10.7 Å². The maximum Gasteiger partial charge on any atom is 0.328 e. The van der Waals surface area contributed by atoms with E-state index in [9.17, 15) is 18.8 Å². The Morgan fingerprint density at radius 2 is 1.60 bits per heavy atom. The minimum Gasteiger partial charge on any atom is -0.481 e. The number of nitrogens with one attached hydrogen (secondary N) is 2. The standard InChI is InChI=1S/C21H17ClFN3O4/c22-14-3-1-13(2-4-14)18-11-9-17(10-12-19(27)28)26(18)25-21(30)20(29)24-16-7-5-15(23)6-8-16/h1-9,11H,10,12H2,(H,24,29)(H,25,30)(H,27,28). The highest BCUT2D eigenvalue weighted by molar-refractivity contribution is 6.42. The van der Waals surface area contributed by atoms with Crippen molar-refractivity contribution in [1.82, 2.24) is 4.68 Å². The molecule has 0 fully saturated rings. The SMILES string of the molecule is O=C(O)CCc1ccc(-c2ccc(Cl)cc2)n1NC(=O)C(=O)Nc1ccc(F)cc1. The molecular weight excluding hydrogens is 413 g/mol. The number of aryl methyl sites for hydroxylation is 1. The van der Waals surface area contributed by atoms with Crippen LogP contribution in [0.3, 0.4) is 0 Å². The van der Waals surface area contributed by atoms with Crippen molar-refractivity contribution < 1.29 is 23.9 Å². The monoisotopic (exact) mass is 429 g/mol. The Labute approximate surface area is 176 Å². The zero-order valence-electron chi connectivity index (χ0n) is 15.6. The summed E-state index contributed by atoms with van der Waals surface area (Å²) in [6.45, 7) is 0. The second-order valence-electron chi connectivity index (χ2n) is 6.35. The third kappa shape index (κ3) is 5.24. The molecule has 3 N–H and O–H groups in total. The molecule has 3 aromatic rings. The first-order chi connectivity index (χ1) is 14.3. The number of carboxylic acid groups (broad SMARTS) is 1. The minimum absolute atomic E-state index is 0.142. The first-order valence-corrected chi connectivity index (χ1v) is 9.27. The predicted molar refractivity (Wildman–Crippen MR) is 110 cm³/mol. The zero-order valence-corrected chi connectivity index (χ0v) is 16.3. The number of rotatable bonds is 6. The lowest BCUT2D eigenvalue weighted by atomic mass is 10.2.